The van der Waals surface area contributed by atoms with E-state index in [9.17, 15) is 4.39 Å². The van der Waals surface area contributed by atoms with Crippen molar-refractivity contribution in [3.8, 4) is 5.75 Å². The molecule has 2 aromatic carbocycles. The lowest BCUT2D eigenvalue weighted by Gasteiger charge is -2.16. The van der Waals surface area contributed by atoms with Crippen molar-refractivity contribution in [2.24, 2.45) is 0 Å². The number of hydrogen-bond acceptors (Lipinski definition) is 3. The van der Waals surface area contributed by atoms with Crippen molar-refractivity contribution in [1.29, 1.82) is 0 Å². The first-order chi connectivity index (χ1) is 9.86. The number of halogens is 3. The van der Waals surface area contributed by atoms with Crippen LogP contribution in [0.15, 0.2) is 34.8 Å². The summed E-state index contributed by atoms with van der Waals surface area (Å²) < 4.78 is 20.1. The van der Waals surface area contributed by atoms with E-state index < -0.39 is 5.82 Å². The molecule has 0 unspecified atom stereocenters. The van der Waals surface area contributed by atoms with Gasteiger partial charge in [0.15, 0.2) is 11.6 Å². The molecule has 3 N–H and O–H groups in total. The van der Waals surface area contributed by atoms with E-state index in [-0.39, 0.29) is 17.5 Å². The molecule has 0 aromatic heterocycles. The maximum absolute atomic E-state index is 13.8. The zero-order valence-electron chi connectivity index (χ0n) is 11.6. The molecule has 6 heteroatoms. The zero-order valence-corrected chi connectivity index (χ0v) is 13.9. The molecule has 112 valence electrons. The van der Waals surface area contributed by atoms with Gasteiger partial charge in [0, 0.05) is 21.6 Å². The fourth-order valence-corrected chi connectivity index (χ4v) is 2.28. The average Bonchev–Trinajstić information content (AvgIpc) is 2.39. The molecule has 0 spiro atoms. The highest BCUT2D eigenvalue weighted by atomic mass is 79.9. The highest BCUT2D eigenvalue weighted by molar-refractivity contribution is 9.10. The Morgan fingerprint density at radius 2 is 1.95 bits per heavy atom. The monoisotopic (exact) mass is 372 g/mol. The van der Waals surface area contributed by atoms with Gasteiger partial charge in [-0.15, -0.1) is 0 Å². The molecule has 0 saturated carbocycles. The highest BCUT2D eigenvalue weighted by Crippen LogP contribution is 2.34. The summed E-state index contributed by atoms with van der Waals surface area (Å²) >= 11 is 9.39. The summed E-state index contributed by atoms with van der Waals surface area (Å²) in [7, 11) is 0. The standard InChI is InChI=1S/C15H15BrClFN2O/c1-8(2)21-15-7-14(12(19)6-11(15)18)20-13-5-9(17)3-4-10(13)16/h3-8,20H,19H2,1-2H3. The van der Waals surface area contributed by atoms with Crippen molar-refractivity contribution in [3.05, 3.63) is 45.6 Å². The lowest BCUT2D eigenvalue weighted by atomic mass is 10.2. The van der Waals surface area contributed by atoms with Gasteiger partial charge in [-0.25, -0.2) is 4.39 Å². The van der Waals surface area contributed by atoms with Gasteiger partial charge < -0.3 is 15.8 Å². The van der Waals surface area contributed by atoms with Crippen LogP contribution in [0.1, 0.15) is 13.8 Å². The number of nitrogen functional groups attached to an aromatic ring is 1. The SMILES string of the molecule is CC(C)Oc1cc(Nc2cc(Cl)ccc2Br)c(N)cc1F. The molecule has 0 radical (unpaired) electrons. The Balaban J connectivity index is 2.37. The highest BCUT2D eigenvalue weighted by Gasteiger charge is 2.12. The van der Waals surface area contributed by atoms with E-state index in [1.54, 1.807) is 12.1 Å². The van der Waals surface area contributed by atoms with Gasteiger partial charge in [-0.3, -0.25) is 0 Å². The second kappa shape index (κ2) is 6.54. The van der Waals surface area contributed by atoms with Crippen LogP contribution in [-0.2, 0) is 0 Å². The first kappa shape index (κ1) is 15.9. The van der Waals surface area contributed by atoms with E-state index in [4.69, 9.17) is 22.1 Å². The molecule has 0 aliphatic heterocycles. The van der Waals surface area contributed by atoms with E-state index in [1.165, 1.54) is 12.1 Å². The topological polar surface area (TPSA) is 47.3 Å². The Bertz CT molecular complexity index is 664. The molecule has 0 aliphatic carbocycles. The number of ether oxygens (including phenoxy) is 1. The second-order valence-electron chi connectivity index (χ2n) is 4.79. The van der Waals surface area contributed by atoms with Gasteiger partial charge in [0.05, 0.1) is 23.2 Å². The number of hydrogen-bond donors (Lipinski definition) is 2. The third-order valence-electron chi connectivity index (χ3n) is 2.66. The maximum Gasteiger partial charge on any atom is 0.167 e. The van der Waals surface area contributed by atoms with E-state index in [1.807, 2.05) is 19.9 Å². The van der Waals surface area contributed by atoms with E-state index in [0.717, 1.165) is 10.2 Å². The molecule has 0 saturated heterocycles. The Kier molecular flexibility index (Phi) is 4.96. The van der Waals surface area contributed by atoms with Crippen molar-refractivity contribution < 1.29 is 9.13 Å². The Morgan fingerprint density at radius 3 is 2.62 bits per heavy atom. The van der Waals surface area contributed by atoms with Gasteiger partial charge >= 0.3 is 0 Å². The number of nitrogens with two attached hydrogens (primary N) is 1. The lowest BCUT2D eigenvalue weighted by molar-refractivity contribution is 0.231. The average molecular weight is 374 g/mol. The van der Waals surface area contributed by atoms with Gasteiger partial charge in [0.1, 0.15) is 0 Å². The smallest absolute Gasteiger partial charge is 0.167 e. The summed E-state index contributed by atoms with van der Waals surface area (Å²) in [5.41, 5.74) is 7.42. The Morgan fingerprint density at radius 1 is 1.24 bits per heavy atom. The number of anilines is 3. The first-order valence-electron chi connectivity index (χ1n) is 6.34. The molecule has 0 heterocycles. The van der Waals surface area contributed by atoms with Crippen LogP contribution in [0, 0.1) is 5.82 Å². The third-order valence-corrected chi connectivity index (χ3v) is 3.59. The van der Waals surface area contributed by atoms with Gasteiger partial charge in [0.25, 0.3) is 0 Å². The van der Waals surface area contributed by atoms with Crippen molar-refractivity contribution in [2.45, 2.75) is 20.0 Å². The molecule has 3 nitrogen and oxygen atoms in total. The third kappa shape index (κ3) is 4.02. The predicted molar refractivity (Wildman–Crippen MR) is 89.0 cm³/mol. The van der Waals surface area contributed by atoms with E-state index in [2.05, 4.69) is 21.2 Å². The maximum atomic E-state index is 13.8. The molecule has 2 aromatic rings. The summed E-state index contributed by atoms with van der Waals surface area (Å²) in [5, 5.41) is 3.70. The predicted octanol–water partition coefficient (Wildman–Crippen LogP) is 5.35. The van der Waals surface area contributed by atoms with Crippen LogP contribution in [0.3, 0.4) is 0 Å². The molecule has 0 aliphatic rings. The summed E-state index contributed by atoms with van der Waals surface area (Å²) in [5.74, 6) is -0.336. The quantitative estimate of drug-likeness (QED) is 0.710. The van der Waals surface area contributed by atoms with E-state index in [0.29, 0.717) is 10.7 Å². The zero-order chi connectivity index (χ0) is 15.6. The molecule has 0 atom stereocenters. The fourth-order valence-electron chi connectivity index (χ4n) is 1.76. The lowest BCUT2D eigenvalue weighted by Crippen LogP contribution is -2.08. The largest absolute Gasteiger partial charge is 0.488 e. The van der Waals surface area contributed by atoms with E-state index >= 15 is 0 Å². The minimum absolute atomic E-state index is 0.131. The van der Waals surface area contributed by atoms with Gasteiger partial charge in [-0.1, -0.05) is 11.6 Å². The number of nitrogens with one attached hydrogen (secondary N) is 1. The molecule has 0 fully saturated rings. The molecule has 0 bridgehead atoms. The summed E-state index contributed by atoms with van der Waals surface area (Å²) in [6.45, 7) is 3.66. The van der Waals surface area contributed by atoms with Crippen LogP contribution in [0.2, 0.25) is 5.02 Å². The minimum Gasteiger partial charge on any atom is -0.488 e. The van der Waals surface area contributed by atoms with Crippen LogP contribution in [0.4, 0.5) is 21.5 Å². The molecule has 0 amide bonds. The minimum atomic E-state index is -0.489. The normalized spacial score (nSPS) is 10.8. The molecular weight excluding hydrogens is 359 g/mol. The summed E-state index contributed by atoms with van der Waals surface area (Å²) in [6.07, 6.45) is -0.131. The molecule has 2 rings (SSSR count). The fraction of sp³-hybridized carbons (Fsp3) is 0.200. The van der Waals surface area contributed by atoms with Gasteiger partial charge in [0.2, 0.25) is 0 Å². The Hall–Kier alpha value is -1.46. The van der Waals surface area contributed by atoms with Gasteiger partial charge in [-0.2, -0.15) is 0 Å². The van der Waals surface area contributed by atoms with Crippen LogP contribution in [-0.4, -0.2) is 6.10 Å². The van der Waals surface area contributed by atoms with Gasteiger partial charge in [-0.05, 0) is 48.0 Å². The number of benzene rings is 2. The second-order valence-corrected chi connectivity index (χ2v) is 6.08. The number of rotatable bonds is 4. The van der Waals surface area contributed by atoms with Crippen LogP contribution in [0.25, 0.3) is 0 Å². The van der Waals surface area contributed by atoms with Crippen molar-refractivity contribution in [3.63, 3.8) is 0 Å². The summed E-state index contributed by atoms with van der Waals surface area (Å²) in [4.78, 5) is 0. The van der Waals surface area contributed by atoms with Crippen LogP contribution in [0.5, 0.6) is 5.75 Å². The first-order valence-corrected chi connectivity index (χ1v) is 7.51. The molecule has 21 heavy (non-hydrogen) atoms. The van der Waals surface area contributed by atoms with Crippen molar-refractivity contribution >= 4 is 44.6 Å². The van der Waals surface area contributed by atoms with Crippen molar-refractivity contribution in [1.82, 2.24) is 0 Å². The summed E-state index contributed by atoms with van der Waals surface area (Å²) in [6, 6.07) is 8.10. The van der Waals surface area contributed by atoms with Crippen LogP contribution >= 0.6 is 27.5 Å². The van der Waals surface area contributed by atoms with Crippen LogP contribution < -0.4 is 15.8 Å². The Labute approximate surface area is 136 Å². The van der Waals surface area contributed by atoms with Crippen molar-refractivity contribution in [2.75, 3.05) is 11.1 Å². The molecular formula is C15H15BrClFN2O.